The molecule has 1 atom stereocenters. The predicted octanol–water partition coefficient (Wildman–Crippen LogP) is 3.79. The molecule has 1 aliphatic rings. The molecule has 0 radical (unpaired) electrons. The van der Waals surface area contributed by atoms with Crippen LogP contribution < -0.4 is 4.74 Å². The molecule has 0 unspecified atom stereocenters. The number of benzene rings is 1. The molecule has 1 aliphatic heterocycles. The summed E-state index contributed by atoms with van der Waals surface area (Å²) in [6.45, 7) is 5.76. The minimum absolute atomic E-state index is 0.252. The van der Waals surface area contributed by atoms with Crippen LogP contribution in [0.15, 0.2) is 29.9 Å². The number of fused-ring (bicyclic) bond motifs is 1. The van der Waals surface area contributed by atoms with Crippen molar-refractivity contribution in [3.05, 3.63) is 41.0 Å². The zero-order chi connectivity index (χ0) is 14.8. The Balaban J connectivity index is 2.16. The Morgan fingerprint density at radius 3 is 2.90 bits per heavy atom. The first-order valence-corrected chi connectivity index (χ1v) is 6.77. The maximum Gasteiger partial charge on any atom is 0.145 e. The van der Waals surface area contributed by atoms with Crippen molar-refractivity contribution in [3.63, 3.8) is 0 Å². The Labute approximate surface area is 119 Å². The highest BCUT2D eigenvalue weighted by Crippen LogP contribution is 2.38. The van der Waals surface area contributed by atoms with Crippen LogP contribution in [0.4, 0.5) is 0 Å². The van der Waals surface area contributed by atoms with E-state index in [0.717, 1.165) is 41.6 Å². The van der Waals surface area contributed by atoms with Gasteiger partial charge in [-0.05, 0) is 63.0 Å². The van der Waals surface area contributed by atoms with E-state index >= 15 is 0 Å². The number of aldehydes is 1. The summed E-state index contributed by atoms with van der Waals surface area (Å²) in [5.41, 5.74) is 2.19. The normalized spacial score (nSPS) is 21.2. The molecule has 0 saturated heterocycles. The van der Waals surface area contributed by atoms with Crippen LogP contribution in [0.1, 0.15) is 37.8 Å². The lowest BCUT2D eigenvalue weighted by Gasteiger charge is -2.32. The number of aromatic hydroxyl groups is 1. The Bertz CT molecular complexity index is 584. The largest absolute Gasteiger partial charge is 0.508 e. The standard InChI is InChI=1S/C17H20O3/c1-12(11-18)5-4-7-17(3)8-6-14-10-15(19)9-13(2)16(14)20-17/h5-6,8-11,19H,4,7H2,1-3H3/t17-/m0/s1. The summed E-state index contributed by atoms with van der Waals surface area (Å²) in [6, 6.07) is 3.41. The Morgan fingerprint density at radius 2 is 2.20 bits per heavy atom. The summed E-state index contributed by atoms with van der Waals surface area (Å²) >= 11 is 0. The monoisotopic (exact) mass is 272 g/mol. The zero-order valence-electron chi connectivity index (χ0n) is 12.1. The molecule has 106 valence electrons. The van der Waals surface area contributed by atoms with Crippen LogP contribution in [-0.4, -0.2) is 17.0 Å². The molecule has 0 amide bonds. The van der Waals surface area contributed by atoms with Gasteiger partial charge in [-0.1, -0.05) is 12.2 Å². The van der Waals surface area contributed by atoms with E-state index in [1.54, 1.807) is 19.1 Å². The van der Waals surface area contributed by atoms with Crippen molar-refractivity contribution in [2.75, 3.05) is 0 Å². The predicted molar refractivity (Wildman–Crippen MR) is 80.0 cm³/mol. The molecule has 1 aromatic carbocycles. The van der Waals surface area contributed by atoms with Gasteiger partial charge in [0.1, 0.15) is 23.4 Å². The van der Waals surface area contributed by atoms with E-state index in [4.69, 9.17) is 4.74 Å². The van der Waals surface area contributed by atoms with Gasteiger partial charge in [-0.2, -0.15) is 0 Å². The van der Waals surface area contributed by atoms with Crippen molar-refractivity contribution < 1.29 is 14.6 Å². The van der Waals surface area contributed by atoms with Crippen molar-refractivity contribution in [1.82, 2.24) is 0 Å². The van der Waals surface area contributed by atoms with Gasteiger partial charge >= 0.3 is 0 Å². The summed E-state index contributed by atoms with van der Waals surface area (Å²) in [7, 11) is 0. The van der Waals surface area contributed by atoms with Crippen LogP contribution in [0.3, 0.4) is 0 Å². The van der Waals surface area contributed by atoms with Crippen molar-refractivity contribution in [2.24, 2.45) is 0 Å². The second-order valence-electron chi connectivity index (χ2n) is 5.53. The van der Waals surface area contributed by atoms with Crippen LogP contribution in [0.25, 0.3) is 6.08 Å². The van der Waals surface area contributed by atoms with E-state index in [0.29, 0.717) is 0 Å². The number of hydrogen-bond acceptors (Lipinski definition) is 3. The number of phenolic OH excluding ortho intramolecular Hbond substituents is 1. The van der Waals surface area contributed by atoms with Crippen LogP contribution in [-0.2, 0) is 4.79 Å². The lowest BCUT2D eigenvalue weighted by molar-refractivity contribution is -0.104. The molecule has 3 heteroatoms. The van der Waals surface area contributed by atoms with Crippen LogP contribution >= 0.6 is 0 Å². The Hall–Kier alpha value is -2.03. The smallest absolute Gasteiger partial charge is 0.145 e. The summed E-state index contributed by atoms with van der Waals surface area (Å²) < 4.78 is 6.11. The number of carbonyl (C=O) groups is 1. The Morgan fingerprint density at radius 1 is 1.45 bits per heavy atom. The third-order valence-electron chi connectivity index (χ3n) is 3.53. The van der Waals surface area contributed by atoms with E-state index in [9.17, 15) is 9.90 Å². The van der Waals surface area contributed by atoms with E-state index < -0.39 is 0 Å². The van der Waals surface area contributed by atoms with Crippen LogP contribution in [0.5, 0.6) is 11.5 Å². The van der Waals surface area contributed by atoms with Gasteiger partial charge in [0.05, 0.1) is 0 Å². The fraction of sp³-hybridized carbons (Fsp3) is 0.353. The maximum absolute atomic E-state index is 10.6. The topological polar surface area (TPSA) is 46.5 Å². The van der Waals surface area contributed by atoms with Crippen LogP contribution in [0, 0.1) is 6.92 Å². The first-order valence-electron chi connectivity index (χ1n) is 6.77. The van der Waals surface area contributed by atoms with Gasteiger partial charge in [0.2, 0.25) is 0 Å². The summed E-state index contributed by atoms with van der Waals surface area (Å²) in [4.78, 5) is 10.6. The van der Waals surface area contributed by atoms with Gasteiger partial charge in [0.25, 0.3) is 0 Å². The molecule has 1 heterocycles. The number of phenols is 1. The summed E-state index contributed by atoms with van der Waals surface area (Å²) in [6.07, 6.45) is 8.38. The highest BCUT2D eigenvalue weighted by atomic mass is 16.5. The number of rotatable bonds is 4. The number of hydrogen-bond donors (Lipinski definition) is 1. The third-order valence-corrected chi connectivity index (χ3v) is 3.53. The van der Waals surface area contributed by atoms with Gasteiger partial charge in [0, 0.05) is 5.56 Å². The SMILES string of the molecule is CC(C=O)=CCC[C@@]1(C)C=Cc2cc(O)cc(C)c2O1. The van der Waals surface area contributed by atoms with Crippen molar-refractivity contribution >= 4 is 12.4 Å². The quantitative estimate of drug-likeness (QED) is 0.670. The maximum atomic E-state index is 10.6. The number of ether oxygens (including phenoxy) is 1. The van der Waals surface area contributed by atoms with Gasteiger partial charge in [0.15, 0.2) is 0 Å². The van der Waals surface area contributed by atoms with Gasteiger partial charge in [-0.15, -0.1) is 0 Å². The molecule has 0 aliphatic carbocycles. The molecule has 0 saturated carbocycles. The molecular formula is C17H20O3. The number of aryl methyl sites for hydroxylation is 1. The van der Waals surface area contributed by atoms with E-state index in [2.05, 4.69) is 0 Å². The molecular weight excluding hydrogens is 252 g/mol. The lowest BCUT2D eigenvalue weighted by atomic mass is 9.93. The second-order valence-corrected chi connectivity index (χ2v) is 5.53. The van der Waals surface area contributed by atoms with Gasteiger partial charge < -0.3 is 9.84 Å². The fourth-order valence-corrected chi connectivity index (χ4v) is 2.35. The molecule has 0 spiro atoms. The van der Waals surface area contributed by atoms with Crippen molar-refractivity contribution in [1.29, 1.82) is 0 Å². The highest BCUT2D eigenvalue weighted by molar-refractivity contribution is 5.72. The molecule has 20 heavy (non-hydrogen) atoms. The van der Waals surface area contributed by atoms with E-state index in [-0.39, 0.29) is 11.4 Å². The lowest BCUT2D eigenvalue weighted by Crippen LogP contribution is -2.32. The molecule has 2 rings (SSSR count). The Kier molecular flexibility index (Phi) is 3.98. The zero-order valence-corrected chi connectivity index (χ0v) is 12.1. The van der Waals surface area contributed by atoms with Crippen LogP contribution in [0.2, 0.25) is 0 Å². The van der Waals surface area contributed by atoms with Crippen molar-refractivity contribution in [2.45, 2.75) is 39.2 Å². The van der Waals surface area contributed by atoms with Gasteiger partial charge in [-0.3, -0.25) is 4.79 Å². The molecule has 0 fully saturated rings. The number of carbonyl (C=O) groups excluding carboxylic acids is 1. The van der Waals surface area contributed by atoms with Crippen molar-refractivity contribution in [3.8, 4) is 11.5 Å². The average Bonchev–Trinajstić information content (AvgIpc) is 2.39. The summed E-state index contributed by atoms with van der Waals surface area (Å²) in [5.74, 6) is 1.08. The molecule has 3 nitrogen and oxygen atoms in total. The third kappa shape index (κ3) is 3.10. The highest BCUT2D eigenvalue weighted by Gasteiger charge is 2.27. The van der Waals surface area contributed by atoms with E-state index in [1.807, 2.05) is 32.1 Å². The molecule has 1 N–H and O–H groups in total. The average molecular weight is 272 g/mol. The second kappa shape index (κ2) is 5.53. The number of allylic oxidation sites excluding steroid dienone is 2. The van der Waals surface area contributed by atoms with E-state index in [1.165, 1.54) is 0 Å². The minimum Gasteiger partial charge on any atom is -0.508 e. The summed E-state index contributed by atoms with van der Waals surface area (Å²) in [5, 5.41) is 9.60. The minimum atomic E-state index is -0.381. The first kappa shape index (κ1) is 14.4. The molecule has 1 aromatic rings. The van der Waals surface area contributed by atoms with Gasteiger partial charge in [-0.25, -0.2) is 0 Å². The fourth-order valence-electron chi connectivity index (χ4n) is 2.35. The molecule has 0 bridgehead atoms. The molecule has 0 aromatic heterocycles. The first-order chi connectivity index (χ1) is 9.43.